The number of nitrogens with one attached hydrogen (secondary N) is 1. The number of benzene rings is 1. The van der Waals surface area contributed by atoms with E-state index in [-0.39, 0.29) is 5.91 Å². The van der Waals surface area contributed by atoms with E-state index in [0.29, 0.717) is 18.7 Å². The molecule has 128 valence electrons. The smallest absolute Gasteiger partial charge is 0.251 e. The molecule has 0 atom stereocenters. The van der Waals surface area contributed by atoms with E-state index in [9.17, 15) is 4.79 Å². The molecule has 1 aliphatic heterocycles. The maximum atomic E-state index is 12.1. The Morgan fingerprint density at radius 2 is 2.08 bits per heavy atom. The van der Waals surface area contributed by atoms with Crippen LogP contribution in [0.4, 0.5) is 0 Å². The van der Waals surface area contributed by atoms with Gasteiger partial charge in [-0.05, 0) is 24.3 Å². The Kier molecular flexibility index (Phi) is 6.17. The average Bonchev–Trinajstić information content (AvgIpc) is 3.15. The number of ether oxygens (including phenoxy) is 2. The van der Waals surface area contributed by atoms with Crippen LogP contribution in [0, 0.1) is 0 Å². The number of carbonyl (C=O) groups is 1. The third kappa shape index (κ3) is 5.02. The summed E-state index contributed by atoms with van der Waals surface area (Å²) in [5, 5.41) is 4.90. The van der Waals surface area contributed by atoms with Crippen molar-refractivity contribution in [3.05, 3.63) is 46.4 Å². The lowest BCUT2D eigenvalue weighted by molar-refractivity contribution is 0.0383. The summed E-state index contributed by atoms with van der Waals surface area (Å²) in [5.74, 6) is 0.669. The van der Waals surface area contributed by atoms with Crippen LogP contribution in [-0.4, -0.2) is 55.2 Å². The van der Waals surface area contributed by atoms with E-state index in [2.05, 4.69) is 15.2 Å². The van der Waals surface area contributed by atoms with Gasteiger partial charge in [0.05, 0.1) is 24.4 Å². The largest absolute Gasteiger partial charge is 0.487 e. The van der Waals surface area contributed by atoms with E-state index < -0.39 is 0 Å². The Bertz CT molecular complexity index is 625. The van der Waals surface area contributed by atoms with Gasteiger partial charge in [0.15, 0.2) is 0 Å². The predicted octanol–water partition coefficient (Wildman–Crippen LogP) is 1.78. The van der Waals surface area contributed by atoms with Crippen molar-refractivity contribution >= 4 is 17.2 Å². The molecule has 6 nitrogen and oxygen atoms in total. The van der Waals surface area contributed by atoms with Gasteiger partial charge >= 0.3 is 0 Å². The standard InChI is InChI=1S/C17H21N3O3S/c21-17(18-5-6-20-7-9-22-10-8-20)14-1-3-16(4-2-14)23-11-15-12-24-13-19-15/h1-4,12-13H,5-11H2,(H,18,21). The minimum Gasteiger partial charge on any atom is -0.487 e. The zero-order valence-electron chi connectivity index (χ0n) is 13.4. The molecule has 0 unspecified atom stereocenters. The van der Waals surface area contributed by atoms with Crippen molar-refractivity contribution in [2.45, 2.75) is 6.61 Å². The fraction of sp³-hybridized carbons (Fsp3) is 0.412. The summed E-state index contributed by atoms with van der Waals surface area (Å²) in [6.45, 7) is 5.34. The van der Waals surface area contributed by atoms with Crippen LogP contribution in [0.5, 0.6) is 5.75 Å². The summed E-state index contributed by atoms with van der Waals surface area (Å²) in [7, 11) is 0. The second kappa shape index (κ2) is 8.77. The molecule has 7 heteroatoms. The van der Waals surface area contributed by atoms with Crippen LogP contribution in [0.15, 0.2) is 35.2 Å². The average molecular weight is 347 g/mol. The van der Waals surface area contributed by atoms with Crippen molar-refractivity contribution in [3.8, 4) is 5.75 Å². The Morgan fingerprint density at radius 3 is 2.79 bits per heavy atom. The summed E-state index contributed by atoms with van der Waals surface area (Å²) in [6, 6.07) is 7.17. The number of amides is 1. The third-order valence-corrected chi connectivity index (χ3v) is 4.44. The highest BCUT2D eigenvalue weighted by Crippen LogP contribution is 2.14. The normalized spacial score (nSPS) is 15.2. The fourth-order valence-electron chi connectivity index (χ4n) is 2.42. The van der Waals surface area contributed by atoms with Crippen LogP contribution < -0.4 is 10.1 Å². The second-order valence-corrected chi connectivity index (χ2v) is 6.22. The first-order valence-corrected chi connectivity index (χ1v) is 8.94. The zero-order chi connectivity index (χ0) is 16.6. The van der Waals surface area contributed by atoms with Crippen LogP contribution in [0.1, 0.15) is 16.1 Å². The van der Waals surface area contributed by atoms with E-state index in [1.54, 1.807) is 29.0 Å². The Morgan fingerprint density at radius 1 is 1.29 bits per heavy atom. The maximum Gasteiger partial charge on any atom is 0.251 e. The zero-order valence-corrected chi connectivity index (χ0v) is 14.3. The summed E-state index contributed by atoms with van der Waals surface area (Å²) >= 11 is 1.54. The quantitative estimate of drug-likeness (QED) is 0.827. The number of nitrogens with zero attached hydrogens (tertiary/aromatic N) is 2. The van der Waals surface area contributed by atoms with Gasteiger partial charge in [0, 0.05) is 37.1 Å². The number of rotatable bonds is 7. The molecular formula is C17H21N3O3S. The molecule has 0 aliphatic carbocycles. The second-order valence-electron chi connectivity index (χ2n) is 5.50. The molecule has 3 rings (SSSR count). The van der Waals surface area contributed by atoms with Gasteiger partial charge in [-0.25, -0.2) is 4.98 Å². The van der Waals surface area contributed by atoms with Gasteiger partial charge in [0.1, 0.15) is 12.4 Å². The number of aromatic nitrogens is 1. The Labute approximate surface area is 145 Å². The molecule has 1 fully saturated rings. The van der Waals surface area contributed by atoms with Crippen LogP contribution in [-0.2, 0) is 11.3 Å². The third-order valence-electron chi connectivity index (χ3n) is 3.80. The van der Waals surface area contributed by atoms with Crippen molar-refractivity contribution in [2.75, 3.05) is 39.4 Å². The topological polar surface area (TPSA) is 63.7 Å². The summed E-state index contributed by atoms with van der Waals surface area (Å²) in [4.78, 5) is 18.6. The SMILES string of the molecule is O=C(NCCN1CCOCC1)c1ccc(OCc2cscn2)cc1. The van der Waals surface area contributed by atoms with Crippen LogP contribution in [0.2, 0.25) is 0 Å². The highest BCUT2D eigenvalue weighted by atomic mass is 32.1. The number of hydrogen-bond donors (Lipinski definition) is 1. The van der Waals surface area contributed by atoms with Crippen molar-refractivity contribution in [1.82, 2.24) is 15.2 Å². The summed E-state index contributed by atoms with van der Waals surface area (Å²) in [5.41, 5.74) is 3.33. The van der Waals surface area contributed by atoms with Gasteiger partial charge in [-0.3, -0.25) is 9.69 Å². The van der Waals surface area contributed by atoms with E-state index in [4.69, 9.17) is 9.47 Å². The first kappa shape index (κ1) is 16.9. The van der Waals surface area contributed by atoms with Gasteiger partial charge in [-0.15, -0.1) is 11.3 Å². The fourth-order valence-corrected chi connectivity index (χ4v) is 2.97. The van der Waals surface area contributed by atoms with E-state index in [1.807, 2.05) is 17.5 Å². The Hall–Kier alpha value is -1.96. The predicted molar refractivity (Wildman–Crippen MR) is 92.5 cm³/mol. The lowest BCUT2D eigenvalue weighted by Gasteiger charge is -2.26. The van der Waals surface area contributed by atoms with Gasteiger partial charge in [-0.1, -0.05) is 0 Å². The van der Waals surface area contributed by atoms with E-state index in [0.717, 1.165) is 44.3 Å². The molecule has 1 amide bonds. The molecular weight excluding hydrogens is 326 g/mol. The number of hydrogen-bond acceptors (Lipinski definition) is 6. The maximum absolute atomic E-state index is 12.1. The first-order valence-electron chi connectivity index (χ1n) is 7.99. The van der Waals surface area contributed by atoms with Gasteiger partial charge in [0.25, 0.3) is 5.91 Å². The molecule has 2 heterocycles. The monoisotopic (exact) mass is 347 g/mol. The molecule has 1 N–H and O–H groups in total. The molecule has 0 saturated carbocycles. The summed E-state index contributed by atoms with van der Waals surface area (Å²) in [6.07, 6.45) is 0. The number of thiazole rings is 1. The Balaban J connectivity index is 1.41. The van der Waals surface area contributed by atoms with Gasteiger partial charge in [0.2, 0.25) is 0 Å². The van der Waals surface area contributed by atoms with Crippen molar-refractivity contribution < 1.29 is 14.3 Å². The van der Waals surface area contributed by atoms with Crippen molar-refractivity contribution in [2.24, 2.45) is 0 Å². The molecule has 24 heavy (non-hydrogen) atoms. The number of morpholine rings is 1. The highest BCUT2D eigenvalue weighted by Gasteiger charge is 2.11. The molecule has 0 bridgehead atoms. The molecule has 0 radical (unpaired) electrons. The molecule has 1 aromatic carbocycles. The lowest BCUT2D eigenvalue weighted by Crippen LogP contribution is -2.41. The van der Waals surface area contributed by atoms with Crippen molar-refractivity contribution in [3.63, 3.8) is 0 Å². The number of carbonyl (C=O) groups excluding carboxylic acids is 1. The summed E-state index contributed by atoms with van der Waals surface area (Å²) < 4.78 is 10.9. The van der Waals surface area contributed by atoms with E-state index >= 15 is 0 Å². The van der Waals surface area contributed by atoms with Crippen LogP contribution in [0.25, 0.3) is 0 Å². The van der Waals surface area contributed by atoms with E-state index in [1.165, 1.54) is 0 Å². The minimum atomic E-state index is -0.0608. The van der Waals surface area contributed by atoms with Crippen LogP contribution in [0.3, 0.4) is 0 Å². The van der Waals surface area contributed by atoms with Gasteiger partial charge < -0.3 is 14.8 Å². The molecule has 1 saturated heterocycles. The highest BCUT2D eigenvalue weighted by molar-refractivity contribution is 7.07. The minimum absolute atomic E-state index is 0.0608. The molecule has 1 aromatic heterocycles. The molecule has 2 aromatic rings. The van der Waals surface area contributed by atoms with Gasteiger partial charge in [-0.2, -0.15) is 0 Å². The first-order chi connectivity index (χ1) is 11.8. The van der Waals surface area contributed by atoms with Crippen LogP contribution >= 0.6 is 11.3 Å². The lowest BCUT2D eigenvalue weighted by atomic mass is 10.2. The van der Waals surface area contributed by atoms with Crippen molar-refractivity contribution in [1.29, 1.82) is 0 Å². The molecule has 1 aliphatic rings. The molecule has 0 spiro atoms.